The molecule has 2 heterocycles. The lowest BCUT2D eigenvalue weighted by atomic mass is 10.1. The van der Waals surface area contributed by atoms with Crippen molar-refractivity contribution < 1.29 is 0 Å². The number of pyridine rings is 1. The first kappa shape index (κ1) is 12.3. The summed E-state index contributed by atoms with van der Waals surface area (Å²) in [6.45, 7) is 0. The summed E-state index contributed by atoms with van der Waals surface area (Å²) in [6, 6.07) is 11.8. The summed E-state index contributed by atoms with van der Waals surface area (Å²) in [5.41, 5.74) is 3.30. The second-order valence-corrected chi connectivity index (χ2v) is 5.49. The Labute approximate surface area is 120 Å². The van der Waals surface area contributed by atoms with E-state index in [1.807, 2.05) is 36.5 Å². The van der Waals surface area contributed by atoms with Gasteiger partial charge in [0.1, 0.15) is 5.01 Å². The minimum atomic E-state index is 0.764. The summed E-state index contributed by atoms with van der Waals surface area (Å²) in [4.78, 5) is 8.76. The first-order chi connectivity index (χ1) is 9.31. The molecule has 0 bridgehead atoms. The van der Waals surface area contributed by atoms with Gasteiger partial charge in [-0.2, -0.15) is 0 Å². The highest BCUT2D eigenvalue weighted by Gasteiger charge is 2.05. The number of hydrogen-bond donors (Lipinski definition) is 0. The molecule has 2 aromatic heterocycles. The molecule has 2 nitrogen and oxygen atoms in total. The molecule has 0 N–H and O–H groups in total. The second kappa shape index (κ2) is 5.51. The number of benzene rings is 1. The zero-order valence-corrected chi connectivity index (χ0v) is 11.7. The lowest BCUT2D eigenvalue weighted by Crippen LogP contribution is -1.88. The van der Waals surface area contributed by atoms with Gasteiger partial charge < -0.3 is 0 Å². The Balaban J connectivity index is 1.82. The standard InChI is InChI=1S/C15H11ClN2S/c16-13-5-1-3-11(7-13)8-14-10-19-15(18-14)12-4-2-6-17-9-12/h1-7,9-10H,8H2. The summed E-state index contributed by atoms with van der Waals surface area (Å²) in [7, 11) is 0. The van der Waals surface area contributed by atoms with Gasteiger partial charge in [0.25, 0.3) is 0 Å². The van der Waals surface area contributed by atoms with E-state index in [4.69, 9.17) is 11.6 Å². The van der Waals surface area contributed by atoms with Crippen molar-refractivity contribution in [2.24, 2.45) is 0 Å². The van der Waals surface area contributed by atoms with Crippen LogP contribution < -0.4 is 0 Å². The van der Waals surface area contributed by atoms with Crippen LogP contribution in [0.3, 0.4) is 0 Å². The number of hydrogen-bond acceptors (Lipinski definition) is 3. The first-order valence-corrected chi connectivity index (χ1v) is 7.16. The highest BCUT2D eigenvalue weighted by molar-refractivity contribution is 7.13. The van der Waals surface area contributed by atoms with Gasteiger partial charge in [0.2, 0.25) is 0 Å². The highest BCUT2D eigenvalue weighted by atomic mass is 35.5. The third kappa shape index (κ3) is 3.00. The Morgan fingerprint density at radius 3 is 2.89 bits per heavy atom. The Morgan fingerprint density at radius 1 is 1.16 bits per heavy atom. The molecule has 0 aliphatic carbocycles. The topological polar surface area (TPSA) is 25.8 Å². The van der Waals surface area contributed by atoms with E-state index in [0.717, 1.165) is 27.7 Å². The van der Waals surface area contributed by atoms with E-state index >= 15 is 0 Å². The maximum absolute atomic E-state index is 5.99. The molecule has 4 heteroatoms. The maximum Gasteiger partial charge on any atom is 0.125 e. The molecule has 0 spiro atoms. The molecule has 0 radical (unpaired) electrons. The molecule has 0 saturated carbocycles. The quantitative estimate of drug-likeness (QED) is 0.711. The molecule has 19 heavy (non-hydrogen) atoms. The van der Waals surface area contributed by atoms with Gasteiger partial charge in [-0.05, 0) is 29.8 Å². The van der Waals surface area contributed by atoms with Crippen molar-refractivity contribution in [3.8, 4) is 10.6 Å². The van der Waals surface area contributed by atoms with E-state index in [2.05, 4.69) is 21.4 Å². The van der Waals surface area contributed by atoms with Gasteiger partial charge in [-0.25, -0.2) is 4.98 Å². The number of aromatic nitrogens is 2. The molecule has 0 unspecified atom stereocenters. The zero-order valence-electron chi connectivity index (χ0n) is 10.1. The normalized spacial score (nSPS) is 10.6. The van der Waals surface area contributed by atoms with Gasteiger partial charge in [0.05, 0.1) is 5.69 Å². The van der Waals surface area contributed by atoms with Crippen LogP contribution in [0.15, 0.2) is 54.2 Å². The summed E-state index contributed by atoms with van der Waals surface area (Å²) in [5, 5.41) is 3.86. The first-order valence-electron chi connectivity index (χ1n) is 5.90. The monoisotopic (exact) mass is 286 g/mol. The smallest absolute Gasteiger partial charge is 0.125 e. The summed E-state index contributed by atoms with van der Waals surface area (Å²) in [5.74, 6) is 0. The van der Waals surface area contributed by atoms with Crippen LogP contribution in [0.2, 0.25) is 5.02 Å². The van der Waals surface area contributed by atoms with E-state index in [0.29, 0.717) is 0 Å². The van der Waals surface area contributed by atoms with Crippen molar-refractivity contribution in [2.75, 3.05) is 0 Å². The van der Waals surface area contributed by atoms with Crippen molar-refractivity contribution in [1.82, 2.24) is 9.97 Å². The average molecular weight is 287 g/mol. The molecule has 0 fully saturated rings. The van der Waals surface area contributed by atoms with Crippen molar-refractivity contribution in [3.63, 3.8) is 0 Å². The van der Waals surface area contributed by atoms with Gasteiger partial charge in [0.15, 0.2) is 0 Å². The number of nitrogens with zero attached hydrogens (tertiary/aromatic N) is 2. The molecular formula is C15H11ClN2S. The summed E-state index contributed by atoms with van der Waals surface area (Å²) < 4.78 is 0. The van der Waals surface area contributed by atoms with Gasteiger partial charge >= 0.3 is 0 Å². The predicted octanol–water partition coefficient (Wildman–Crippen LogP) is 4.45. The molecule has 0 aliphatic rings. The molecule has 0 amide bonds. The van der Waals surface area contributed by atoms with Gasteiger partial charge in [0, 0.05) is 34.8 Å². The molecule has 1 aromatic carbocycles. The fourth-order valence-electron chi connectivity index (χ4n) is 1.87. The molecule has 0 atom stereocenters. The van der Waals surface area contributed by atoms with Gasteiger partial charge in [-0.15, -0.1) is 11.3 Å². The molecule has 94 valence electrons. The lowest BCUT2D eigenvalue weighted by molar-refractivity contribution is 1.11. The Kier molecular flexibility index (Phi) is 3.58. The summed E-state index contributed by atoms with van der Waals surface area (Å²) in [6.07, 6.45) is 4.41. The largest absolute Gasteiger partial charge is 0.264 e. The van der Waals surface area contributed by atoms with E-state index in [-0.39, 0.29) is 0 Å². The number of halogens is 1. The van der Waals surface area contributed by atoms with E-state index in [1.54, 1.807) is 17.5 Å². The van der Waals surface area contributed by atoms with Crippen LogP contribution in [0.4, 0.5) is 0 Å². The van der Waals surface area contributed by atoms with E-state index < -0.39 is 0 Å². The number of rotatable bonds is 3. The second-order valence-electron chi connectivity index (χ2n) is 4.19. The minimum Gasteiger partial charge on any atom is -0.264 e. The van der Waals surface area contributed by atoms with Gasteiger partial charge in [-0.3, -0.25) is 4.98 Å². The van der Waals surface area contributed by atoms with E-state index in [1.165, 1.54) is 5.56 Å². The van der Waals surface area contributed by atoms with Crippen LogP contribution in [-0.2, 0) is 6.42 Å². The average Bonchev–Trinajstić information content (AvgIpc) is 2.88. The SMILES string of the molecule is Clc1cccc(Cc2csc(-c3cccnc3)n2)c1. The Bertz CT molecular complexity index is 679. The van der Waals surface area contributed by atoms with Gasteiger partial charge in [-0.1, -0.05) is 23.7 Å². The fourth-order valence-corrected chi connectivity index (χ4v) is 2.89. The van der Waals surface area contributed by atoms with Crippen molar-refractivity contribution in [2.45, 2.75) is 6.42 Å². The Hall–Kier alpha value is -1.71. The van der Waals surface area contributed by atoms with Crippen LogP contribution in [0.1, 0.15) is 11.3 Å². The van der Waals surface area contributed by atoms with Crippen molar-refractivity contribution >= 4 is 22.9 Å². The zero-order chi connectivity index (χ0) is 13.1. The minimum absolute atomic E-state index is 0.764. The molecular weight excluding hydrogens is 276 g/mol. The van der Waals surface area contributed by atoms with Crippen LogP contribution in [0.25, 0.3) is 10.6 Å². The predicted molar refractivity (Wildman–Crippen MR) is 79.6 cm³/mol. The lowest BCUT2D eigenvalue weighted by Gasteiger charge is -1.98. The number of thiazole rings is 1. The molecule has 0 aliphatic heterocycles. The Morgan fingerprint density at radius 2 is 2.11 bits per heavy atom. The van der Waals surface area contributed by atoms with Crippen molar-refractivity contribution in [1.29, 1.82) is 0 Å². The third-order valence-electron chi connectivity index (χ3n) is 2.73. The van der Waals surface area contributed by atoms with Crippen LogP contribution in [0, 0.1) is 0 Å². The van der Waals surface area contributed by atoms with Crippen LogP contribution >= 0.6 is 22.9 Å². The highest BCUT2D eigenvalue weighted by Crippen LogP contribution is 2.24. The maximum atomic E-state index is 5.99. The molecule has 3 aromatic rings. The van der Waals surface area contributed by atoms with Crippen molar-refractivity contribution in [3.05, 3.63) is 70.5 Å². The fraction of sp³-hybridized carbons (Fsp3) is 0.0667. The summed E-state index contributed by atoms with van der Waals surface area (Å²) >= 11 is 7.63. The van der Waals surface area contributed by atoms with Crippen LogP contribution in [0.5, 0.6) is 0 Å². The van der Waals surface area contributed by atoms with E-state index in [9.17, 15) is 0 Å². The molecule has 3 rings (SSSR count). The molecule has 0 saturated heterocycles. The van der Waals surface area contributed by atoms with Crippen LogP contribution in [-0.4, -0.2) is 9.97 Å². The third-order valence-corrected chi connectivity index (χ3v) is 3.91.